The van der Waals surface area contributed by atoms with Gasteiger partial charge in [0.1, 0.15) is 18.4 Å². The van der Waals surface area contributed by atoms with Gasteiger partial charge in [-0.05, 0) is 53.0 Å². The van der Waals surface area contributed by atoms with Gasteiger partial charge < -0.3 is 25.3 Å². The fourth-order valence-corrected chi connectivity index (χ4v) is 6.04. The smallest absolute Gasteiger partial charge is 0.410 e. The number of anilines is 1. The molecule has 0 aliphatic carbocycles. The van der Waals surface area contributed by atoms with E-state index in [1.165, 1.54) is 0 Å². The summed E-state index contributed by atoms with van der Waals surface area (Å²) in [5, 5.41) is 12.3. The van der Waals surface area contributed by atoms with Crippen molar-refractivity contribution in [2.24, 2.45) is 10.9 Å². The van der Waals surface area contributed by atoms with Gasteiger partial charge in [-0.15, -0.1) is 0 Å². The highest BCUT2D eigenvalue weighted by Crippen LogP contribution is 2.40. The Kier molecular flexibility index (Phi) is 6.29. The van der Waals surface area contributed by atoms with Crippen LogP contribution < -0.4 is 15.4 Å². The Bertz CT molecular complexity index is 1020. The molecular formula is C23H35FN8O4. The van der Waals surface area contributed by atoms with Gasteiger partial charge in [-0.25, -0.2) is 9.18 Å². The van der Waals surface area contributed by atoms with Crippen molar-refractivity contribution < 1.29 is 23.9 Å². The molecule has 198 valence electrons. The van der Waals surface area contributed by atoms with E-state index in [2.05, 4.69) is 25.0 Å². The second-order valence-corrected chi connectivity index (χ2v) is 11.3. The predicted octanol–water partition coefficient (Wildman–Crippen LogP) is 1.51. The topological polar surface area (TPSA) is 143 Å². The standard InChI is InChI=1S/C23H35FN8O4/c1-22(2,3)36-21(33)32-15-5-6-16(32)12-30(11-15)19-26-18(17(25)29-34)27-20(28-19)35-13-23-7-4-8-31(23)10-14(24)9-23/h14-16,34H,4-13H2,1-3H3,(H2,25,29)/t14-,15-,16+,23+/m1/s1. The summed E-state index contributed by atoms with van der Waals surface area (Å²) in [7, 11) is 0. The third kappa shape index (κ3) is 4.72. The number of alkyl halides is 1. The quantitative estimate of drug-likeness (QED) is 0.261. The second-order valence-electron chi connectivity index (χ2n) is 11.3. The monoisotopic (exact) mass is 506 g/mol. The first kappa shape index (κ1) is 24.7. The number of hydrogen-bond donors (Lipinski definition) is 2. The number of amidine groups is 1. The van der Waals surface area contributed by atoms with E-state index in [-0.39, 0.29) is 48.0 Å². The number of amides is 1. The zero-order valence-corrected chi connectivity index (χ0v) is 21.1. The lowest BCUT2D eigenvalue weighted by Crippen LogP contribution is -2.57. The highest BCUT2D eigenvalue weighted by Gasteiger charge is 2.49. The lowest BCUT2D eigenvalue weighted by molar-refractivity contribution is 0.0122. The Balaban J connectivity index is 1.35. The van der Waals surface area contributed by atoms with Crippen molar-refractivity contribution in [2.45, 2.75) is 82.3 Å². The second kappa shape index (κ2) is 9.16. The van der Waals surface area contributed by atoms with Gasteiger partial charge in [0, 0.05) is 26.1 Å². The van der Waals surface area contributed by atoms with Gasteiger partial charge in [0.2, 0.25) is 17.6 Å². The van der Waals surface area contributed by atoms with Crippen LogP contribution in [0.15, 0.2) is 5.16 Å². The summed E-state index contributed by atoms with van der Waals surface area (Å²) in [6.07, 6.45) is 2.80. The van der Waals surface area contributed by atoms with Crippen molar-refractivity contribution in [1.29, 1.82) is 0 Å². The molecule has 1 aromatic heterocycles. The first-order chi connectivity index (χ1) is 17.1. The summed E-state index contributed by atoms with van der Waals surface area (Å²) < 4.78 is 25.8. The Hall–Kier alpha value is -2.96. The number of hydrogen-bond acceptors (Lipinski definition) is 10. The van der Waals surface area contributed by atoms with Crippen LogP contribution in [0.25, 0.3) is 0 Å². The summed E-state index contributed by atoms with van der Waals surface area (Å²) in [6, 6.07) is -0.0389. The molecule has 1 aromatic rings. The maximum absolute atomic E-state index is 14.2. The van der Waals surface area contributed by atoms with Crippen LogP contribution >= 0.6 is 0 Å². The summed E-state index contributed by atoms with van der Waals surface area (Å²) >= 11 is 0. The molecule has 1 amide bonds. The molecule has 4 aliphatic heterocycles. The van der Waals surface area contributed by atoms with Crippen LogP contribution in [-0.2, 0) is 4.74 Å². The number of carbonyl (C=O) groups is 1. The van der Waals surface area contributed by atoms with Crippen molar-refractivity contribution in [3.63, 3.8) is 0 Å². The van der Waals surface area contributed by atoms with E-state index < -0.39 is 11.8 Å². The number of nitrogens with zero attached hydrogens (tertiary/aromatic N) is 7. The molecule has 0 unspecified atom stereocenters. The minimum absolute atomic E-state index is 0.00464. The van der Waals surface area contributed by atoms with Crippen molar-refractivity contribution >= 4 is 17.9 Å². The fourth-order valence-electron chi connectivity index (χ4n) is 6.04. The highest BCUT2D eigenvalue weighted by atomic mass is 19.1. The number of halogens is 1. The van der Waals surface area contributed by atoms with E-state index in [1.54, 1.807) is 0 Å². The molecule has 0 saturated carbocycles. The van der Waals surface area contributed by atoms with Crippen LogP contribution in [0.2, 0.25) is 0 Å². The average Bonchev–Trinajstić information content (AvgIpc) is 3.43. The molecule has 4 saturated heterocycles. The molecule has 4 atom stereocenters. The van der Waals surface area contributed by atoms with E-state index >= 15 is 0 Å². The Morgan fingerprint density at radius 1 is 1.22 bits per heavy atom. The summed E-state index contributed by atoms with van der Waals surface area (Å²) in [6.45, 7) is 8.11. The molecule has 4 aliphatic rings. The van der Waals surface area contributed by atoms with E-state index in [0.717, 1.165) is 32.2 Å². The van der Waals surface area contributed by atoms with E-state index in [4.69, 9.17) is 15.2 Å². The third-order valence-electron chi connectivity index (χ3n) is 7.54. The summed E-state index contributed by atoms with van der Waals surface area (Å²) in [4.78, 5) is 31.9. The molecule has 0 aromatic carbocycles. The lowest BCUT2D eigenvalue weighted by Gasteiger charge is -2.41. The SMILES string of the molecule is CC(C)(C)OC(=O)N1[C@@H]2CC[C@H]1CN(c1nc(OC[C@@]34CCCN3C[C@H](F)C4)nc(C(N)=NO)n1)C2. The lowest BCUT2D eigenvalue weighted by atomic mass is 9.95. The third-order valence-corrected chi connectivity index (χ3v) is 7.54. The minimum Gasteiger partial charge on any atom is -0.461 e. The summed E-state index contributed by atoms with van der Waals surface area (Å²) in [5.41, 5.74) is 4.89. The molecule has 0 spiro atoms. The van der Waals surface area contributed by atoms with Crippen molar-refractivity contribution in [3.8, 4) is 6.01 Å². The van der Waals surface area contributed by atoms with Crippen molar-refractivity contribution in [2.75, 3.05) is 37.7 Å². The Morgan fingerprint density at radius 3 is 2.61 bits per heavy atom. The number of piperazine rings is 1. The van der Waals surface area contributed by atoms with Gasteiger partial charge in [-0.1, -0.05) is 5.16 Å². The summed E-state index contributed by atoms with van der Waals surface area (Å²) in [5.74, 6) is 0.0668. The van der Waals surface area contributed by atoms with Crippen LogP contribution in [0.5, 0.6) is 6.01 Å². The molecule has 36 heavy (non-hydrogen) atoms. The van der Waals surface area contributed by atoms with Crippen LogP contribution in [0.1, 0.15) is 58.7 Å². The molecule has 2 bridgehead atoms. The van der Waals surface area contributed by atoms with E-state index in [0.29, 0.717) is 32.0 Å². The fraction of sp³-hybridized carbons (Fsp3) is 0.783. The molecular weight excluding hydrogens is 471 g/mol. The Morgan fingerprint density at radius 2 is 1.94 bits per heavy atom. The average molecular weight is 507 g/mol. The first-order valence-corrected chi connectivity index (χ1v) is 12.6. The number of carbonyl (C=O) groups excluding carboxylic acids is 1. The van der Waals surface area contributed by atoms with Gasteiger partial charge in [-0.3, -0.25) is 9.80 Å². The zero-order chi connectivity index (χ0) is 25.7. The van der Waals surface area contributed by atoms with Crippen LogP contribution in [0.3, 0.4) is 0 Å². The number of nitrogens with two attached hydrogens (primary N) is 1. The first-order valence-electron chi connectivity index (χ1n) is 12.6. The van der Waals surface area contributed by atoms with E-state index in [9.17, 15) is 14.4 Å². The minimum atomic E-state index is -0.868. The number of oxime groups is 1. The maximum Gasteiger partial charge on any atom is 0.410 e. The highest BCUT2D eigenvalue weighted by molar-refractivity contribution is 5.93. The van der Waals surface area contributed by atoms with Gasteiger partial charge >= 0.3 is 12.1 Å². The molecule has 13 heteroatoms. The normalized spacial score (nSPS) is 30.6. The largest absolute Gasteiger partial charge is 0.461 e. The molecule has 3 N–H and O–H groups in total. The number of ether oxygens (including phenoxy) is 2. The van der Waals surface area contributed by atoms with Crippen LogP contribution in [0, 0.1) is 0 Å². The molecule has 5 heterocycles. The Labute approximate surface area is 209 Å². The molecule has 4 fully saturated rings. The maximum atomic E-state index is 14.2. The zero-order valence-electron chi connectivity index (χ0n) is 21.1. The molecule has 12 nitrogen and oxygen atoms in total. The van der Waals surface area contributed by atoms with Crippen molar-refractivity contribution in [1.82, 2.24) is 24.8 Å². The van der Waals surface area contributed by atoms with Crippen molar-refractivity contribution in [3.05, 3.63) is 5.82 Å². The van der Waals surface area contributed by atoms with Crippen LogP contribution in [0.4, 0.5) is 15.1 Å². The molecule has 0 radical (unpaired) electrons. The van der Waals surface area contributed by atoms with Gasteiger partial charge in [0.15, 0.2) is 0 Å². The number of aromatic nitrogens is 3. The number of fused-ring (bicyclic) bond motifs is 3. The predicted molar refractivity (Wildman–Crippen MR) is 128 cm³/mol. The van der Waals surface area contributed by atoms with Gasteiger partial charge in [0.05, 0.1) is 17.6 Å². The molecule has 5 rings (SSSR count). The van der Waals surface area contributed by atoms with E-state index in [1.807, 2.05) is 30.6 Å². The van der Waals surface area contributed by atoms with Crippen LogP contribution in [-0.4, -0.2) is 104 Å². The van der Waals surface area contributed by atoms with Gasteiger partial charge in [-0.2, -0.15) is 15.0 Å². The number of rotatable bonds is 5. The van der Waals surface area contributed by atoms with Gasteiger partial charge in [0.25, 0.3) is 0 Å².